The molecule has 0 saturated heterocycles. The third-order valence-corrected chi connectivity index (χ3v) is 3.60. The summed E-state index contributed by atoms with van der Waals surface area (Å²) in [7, 11) is 0. The van der Waals surface area contributed by atoms with E-state index in [9.17, 15) is 4.79 Å². The number of nitrogens with one attached hydrogen (secondary N) is 1. The van der Waals surface area contributed by atoms with Gasteiger partial charge in [-0.25, -0.2) is 0 Å². The number of benzene rings is 1. The third-order valence-electron chi connectivity index (χ3n) is 3.60. The SMILES string of the molecule is CCC(C)(CN)NC(=O)C1Cc2ccccc2O1. The van der Waals surface area contributed by atoms with Gasteiger partial charge in [-0.3, -0.25) is 4.79 Å². The van der Waals surface area contributed by atoms with E-state index < -0.39 is 6.10 Å². The fourth-order valence-electron chi connectivity index (χ4n) is 1.99. The van der Waals surface area contributed by atoms with Gasteiger partial charge >= 0.3 is 0 Å². The number of ether oxygens (including phenoxy) is 1. The molecule has 1 aliphatic rings. The maximum absolute atomic E-state index is 12.2. The van der Waals surface area contributed by atoms with Crippen molar-refractivity contribution in [2.24, 2.45) is 5.73 Å². The summed E-state index contributed by atoms with van der Waals surface area (Å²) in [5.74, 6) is 0.726. The van der Waals surface area contributed by atoms with Gasteiger partial charge in [-0.15, -0.1) is 0 Å². The van der Waals surface area contributed by atoms with Crippen molar-refractivity contribution in [1.29, 1.82) is 0 Å². The molecule has 18 heavy (non-hydrogen) atoms. The summed E-state index contributed by atoms with van der Waals surface area (Å²) in [6.07, 6.45) is 1.00. The van der Waals surface area contributed by atoms with Crippen LogP contribution in [-0.4, -0.2) is 24.1 Å². The highest BCUT2D eigenvalue weighted by molar-refractivity contribution is 5.83. The number of rotatable bonds is 4. The Morgan fingerprint density at radius 3 is 2.89 bits per heavy atom. The summed E-state index contributed by atoms with van der Waals surface area (Å²) in [6.45, 7) is 4.39. The number of nitrogens with two attached hydrogens (primary N) is 1. The Balaban J connectivity index is 2.01. The molecular formula is C14H20N2O2. The van der Waals surface area contributed by atoms with E-state index in [0.29, 0.717) is 13.0 Å². The molecule has 0 bridgehead atoms. The van der Waals surface area contributed by atoms with Crippen LogP contribution in [0.2, 0.25) is 0 Å². The molecule has 0 fully saturated rings. The normalized spacial score (nSPS) is 20.7. The van der Waals surface area contributed by atoms with Gasteiger partial charge in [-0.2, -0.15) is 0 Å². The fourth-order valence-corrected chi connectivity index (χ4v) is 1.99. The van der Waals surface area contributed by atoms with Gasteiger partial charge in [0.1, 0.15) is 5.75 Å². The van der Waals surface area contributed by atoms with Gasteiger partial charge in [-0.05, 0) is 25.0 Å². The van der Waals surface area contributed by atoms with E-state index in [0.717, 1.165) is 17.7 Å². The standard InChI is InChI=1S/C14H20N2O2/c1-3-14(2,9-15)16-13(17)12-8-10-6-4-5-7-11(10)18-12/h4-7,12H,3,8-9,15H2,1-2H3,(H,16,17). The Morgan fingerprint density at radius 1 is 1.56 bits per heavy atom. The minimum Gasteiger partial charge on any atom is -0.480 e. The maximum atomic E-state index is 12.2. The minimum atomic E-state index is -0.431. The zero-order valence-corrected chi connectivity index (χ0v) is 10.9. The summed E-state index contributed by atoms with van der Waals surface area (Å²) < 4.78 is 5.65. The van der Waals surface area contributed by atoms with Crippen molar-refractivity contribution in [3.63, 3.8) is 0 Å². The molecule has 3 N–H and O–H groups in total. The molecule has 1 amide bonds. The van der Waals surface area contributed by atoms with Gasteiger partial charge in [0.05, 0.1) is 0 Å². The molecule has 98 valence electrons. The Morgan fingerprint density at radius 2 is 2.28 bits per heavy atom. The van der Waals surface area contributed by atoms with E-state index >= 15 is 0 Å². The average molecular weight is 248 g/mol. The fraction of sp³-hybridized carbons (Fsp3) is 0.500. The molecule has 4 nitrogen and oxygen atoms in total. The van der Waals surface area contributed by atoms with Crippen molar-refractivity contribution in [2.45, 2.75) is 38.3 Å². The van der Waals surface area contributed by atoms with Crippen LogP contribution in [0.15, 0.2) is 24.3 Å². The predicted octanol–water partition coefficient (Wildman–Crippen LogP) is 1.23. The highest BCUT2D eigenvalue weighted by Crippen LogP contribution is 2.28. The molecule has 1 aliphatic heterocycles. The second-order valence-electron chi connectivity index (χ2n) is 5.03. The molecule has 0 spiro atoms. The molecule has 1 heterocycles. The second-order valence-corrected chi connectivity index (χ2v) is 5.03. The predicted molar refractivity (Wildman–Crippen MR) is 70.5 cm³/mol. The molecule has 0 radical (unpaired) electrons. The van der Waals surface area contributed by atoms with E-state index in [-0.39, 0.29) is 11.4 Å². The second kappa shape index (κ2) is 4.98. The molecule has 0 saturated carbocycles. The minimum absolute atomic E-state index is 0.0824. The molecule has 2 rings (SSSR count). The van der Waals surface area contributed by atoms with Crippen LogP contribution in [0.5, 0.6) is 5.75 Å². The lowest BCUT2D eigenvalue weighted by Crippen LogP contribution is -2.54. The highest BCUT2D eigenvalue weighted by Gasteiger charge is 2.32. The Kier molecular flexibility index (Phi) is 3.57. The number of amides is 1. The number of carbonyl (C=O) groups excluding carboxylic acids is 1. The monoisotopic (exact) mass is 248 g/mol. The first-order valence-electron chi connectivity index (χ1n) is 6.34. The first-order chi connectivity index (χ1) is 8.58. The van der Waals surface area contributed by atoms with Gasteiger partial charge in [0.25, 0.3) is 5.91 Å². The van der Waals surface area contributed by atoms with Crippen molar-refractivity contribution in [3.05, 3.63) is 29.8 Å². The van der Waals surface area contributed by atoms with Crippen molar-refractivity contribution in [1.82, 2.24) is 5.32 Å². The molecule has 1 aromatic carbocycles. The molecule has 2 unspecified atom stereocenters. The molecular weight excluding hydrogens is 228 g/mol. The van der Waals surface area contributed by atoms with Crippen molar-refractivity contribution < 1.29 is 9.53 Å². The first-order valence-corrected chi connectivity index (χ1v) is 6.34. The van der Waals surface area contributed by atoms with Gasteiger partial charge < -0.3 is 15.8 Å². The van der Waals surface area contributed by atoms with Crippen molar-refractivity contribution >= 4 is 5.91 Å². The number of fused-ring (bicyclic) bond motifs is 1. The lowest BCUT2D eigenvalue weighted by atomic mass is 9.98. The van der Waals surface area contributed by atoms with E-state index in [4.69, 9.17) is 10.5 Å². The molecule has 1 aromatic rings. The van der Waals surface area contributed by atoms with Crippen LogP contribution in [0.1, 0.15) is 25.8 Å². The van der Waals surface area contributed by atoms with Crippen LogP contribution in [-0.2, 0) is 11.2 Å². The van der Waals surface area contributed by atoms with Crippen molar-refractivity contribution in [3.8, 4) is 5.75 Å². The number of hydrogen-bond acceptors (Lipinski definition) is 3. The number of hydrogen-bond donors (Lipinski definition) is 2. The Hall–Kier alpha value is -1.55. The van der Waals surface area contributed by atoms with E-state index in [1.165, 1.54) is 0 Å². The average Bonchev–Trinajstić information content (AvgIpc) is 2.82. The summed E-state index contributed by atoms with van der Waals surface area (Å²) >= 11 is 0. The first kappa shape index (κ1) is 12.9. The van der Waals surface area contributed by atoms with Crippen LogP contribution in [0.4, 0.5) is 0 Å². The molecule has 4 heteroatoms. The number of carbonyl (C=O) groups is 1. The molecule has 2 atom stereocenters. The summed E-state index contributed by atoms with van der Waals surface area (Å²) in [5.41, 5.74) is 6.43. The Labute approximate surface area is 108 Å². The Bertz CT molecular complexity index is 416. The quantitative estimate of drug-likeness (QED) is 0.842. The van der Waals surface area contributed by atoms with Gasteiger partial charge in [-0.1, -0.05) is 25.1 Å². The summed E-state index contributed by atoms with van der Waals surface area (Å²) in [6, 6.07) is 7.75. The van der Waals surface area contributed by atoms with E-state index in [1.807, 2.05) is 38.1 Å². The van der Waals surface area contributed by atoms with Gasteiger partial charge in [0.2, 0.25) is 0 Å². The van der Waals surface area contributed by atoms with E-state index in [2.05, 4.69) is 5.32 Å². The number of para-hydroxylation sites is 1. The van der Waals surface area contributed by atoms with Gasteiger partial charge in [0, 0.05) is 18.5 Å². The van der Waals surface area contributed by atoms with Crippen molar-refractivity contribution in [2.75, 3.05) is 6.54 Å². The summed E-state index contributed by atoms with van der Waals surface area (Å²) in [4.78, 5) is 12.2. The van der Waals surface area contributed by atoms with Crippen LogP contribution >= 0.6 is 0 Å². The summed E-state index contributed by atoms with van der Waals surface area (Å²) in [5, 5.41) is 2.98. The third kappa shape index (κ3) is 2.48. The highest BCUT2D eigenvalue weighted by atomic mass is 16.5. The zero-order chi connectivity index (χ0) is 13.2. The van der Waals surface area contributed by atoms with Gasteiger partial charge in [0.15, 0.2) is 6.10 Å². The topological polar surface area (TPSA) is 64.3 Å². The lowest BCUT2D eigenvalue weighted by molar-refractivity contribution is -0.129. The molecule has 0 aromatic heterocycles. The van der Waals surface area contributed by atoms with Crippen LogP contribution in [0.25, 0.3) is 0 Å². The lowest BCUT2D eigenvalue weighted by Gasteiger charge is -2.29. The van der Waals surface area contributed by atoms with Crippen LogP contribution in [0.3, 0.4) is 0 Å². The maximum Gasteiger partial charge on any atom is 0.261 e. The zero-order valence-electron chi connectivity index (χ0n) is 10.9. The van der Waals surface area contributed by atoms with Crippen LogP contribution in [0, 0.1) is 0 Å². The molecule has 0 aliphatic carbocycles. The smallest absolute Gasteiger partial charge is 0.261 e. The van der Waals surface area contributed by atoms with E-state index in [1.54, 1.807) is 0 Å². The largest absolute Gasteiger partial charge is 0.480 e. The van der Waals surface area contributed by atoms with Crippen LogP contribution < -0.4 is 15.8 Å².